The normalized spacial score (nSPS) is 16.2. The Morgan fingerprint density at radius 3 is 1.67 bits per heavy atom. The van der Waals surface area contributed by atoms with E-state index in [1.54, 1.807) is 54.6 Å². The van der Waals surface area contributed by atoms with E-state index >= 15 is 0 Å². The molecule has 3 aromatic carbocycles. The van der Waals surface area contributed by atoms with Crippen LogP contribution in [0.4, 0.5) is 5.69 Å². The minimum absolute atomic E-state index is 0.0736. The summed E-state index contributed by atoms with van der Waals surface area (Å²) >= 11 is 0. The van der Waals surface area contributed by atoms with Crippen molar-refractivity contribution in [2.45, 2.75) is 0 Å². The Bertz CT molecular complexity index is 1380. The van der Waals surface area contributed by atoms with E-state index in [0.29, 0.717) is 33.4 Å². The number of fused-ring (bicyclic) bond motifs is 2. The number of benzene rings is 3. The third-order valence-electron chi connectivity index (χ3n) is 6.04. The van der Waals surface area contributed by atoms with Crippen molar-refractivity contribution >= 4 is 34.7 Å². The minimum Gasteiger partial charge on any atom is -0.378 e. The molecular weight excluding hydrogens is 410 g/mol. The lowest BCUT2D eigenvalue weighted by atomic mass is 9.95. The first-order chi connectivity index (χ1) is 16.0. The van der Waals surface area contributed by atoms with E-state index in [1.807, 2.05) is 55.4 Å². The molecule has 0 amide bonds. The second-order valence-electron chi connectivity index (χ2n) is 8.25. The molecule has 0 bridgehead atoms. The van der Waals surface area contributed by atoms with Crippen molar-refractivity contribution in [1.29, 1.82) is 0 Å². The molecule has 2 aliphatic carbocycles. The fourth-order valence-electron chi connectivity index (χ4n) is 4.35. The van der Waals surface area contributed by atoms with Crippen LogP contribution in [0.15, 0.2) is 96.1 Å². The SMILES string of the molecule is CN(C)c1ccc(/C=C/C=C2/C(=O)c3ccccc3C2=C2C(=O)c3ccccc3C2=O)cc1. The maximum atomic E-state index is 13.2. The molecule has 0 radical (unpaired) electrons. The average molecular weight is 431 g/mol. The van der Waals surface area contributed by atoms with Crippen LogP contribution in [0.3, 0.4) is 0 Å². The fourth-order valence-corrected chi connectivity index (χ4v) is 4.35. The summed E-state index contributed by atoms with van der Waals surface area (Å²) in [5, 5.41) is 0. The Hall–Kier alpha value is -4.31. The van der Waals surface area contributed by atoms with Crippen molar-refractivity contribution in [3.05, 3.63) is 124 Å². The molecule has 160 valence electrons. The van der Waals surface area contributed by atoms with Crippen molar-refractivity contribution in [2.75, 3.05) is 19.0 Å². The van der Waals surface area contributed by atoms with Gasteiger partial charge >= 0.3 is 0 Å². The standard InChI is InChI=1S/C29H21NO3/c1-30(2)19-16-14-18(15-17-19)8-7-13-24-25(20-9-3-4-10-21(20)27(24)31)26-28(32)22-11-5-6-12-23(22)29(26)33/h3-17H,1-2H3/b8-7+,24-13+. The predicted octanol–water partition coefficient (Wildman–Crippen LogP) is 5.42. The zero-order chi connectivity index (χ0) is 23.1. The van der Waals surface area contributed by atoms with E-state index in [0.717, 1.165) is 11.3 Å². The molecule has 5 rings (SSSR count). The first kappa shape index (κ1) is 20.6. The molecule has 0 aromatic heterocycles. The van der Waals surface area contributed by atoms with E-state index in [4.69, 9.17) is 0 Å². The van der Waals surface area contributed by atoms with Crippen molar-refractivity contribution in [2.24, 2.45) is 0 Å². The molecule has 0 unspecified atom stereocenters. The van der Waals surface area contributed by atoms with Crippen molar-refractivity contribution in [1.82, 2.24) is 0 Å². The van der Waals surface area contributed by atoms with Gasteiger partial charge in [-0.15, -0.1) is 0 Å². The zero-order valence-electron chi connectivity index (χ0n) is 18.3. The van der Waals surface area contributed by atoms with Crippen LogP contribution >= 0.6 is 0 Å². The molecule has 4 nitrogen and oxygen atoms in total. The van der Waals surface area contributed by atoms with Gasteiger partial charge in [0.2, 0.25) is 0 Å². The number of Topliss-reactive ketones (excluding diaryl/α,β-unsaturated/α-hetero) is 3. The third-order valence-corrected chi connectivity index (χ3v) is 6.04. The molecular formula is C29H21NO3. The van der Waals surface area contributed by atoms with Gasteiger partial charge in [-0.25, -0.2) is 0 Å². The molecule has 3 aromatic rings. The molecule has 0 saturated heterocycles. The van der Waals surface area contributed by atoms with Crippen molar-refractivity contribution in [3.8, 4) is 0 Å². The summed E-state index contributed by atoms with van der Waals surface area (Å²) in [4.78, 5) is 41.7. The predicted molar refractivity (Wildman–Crippen MR) is 131 cm³/mol. The van der Waals surface area contributed by atoms with Gasteiger partial charge in [0, 0.05) is 47.6 Å². The van der Waals surface area contributed by atoms with Crippen LogP contribution in [0.1, 0.15) is 42.2 Å². The summed E-state index contributed by atoms with van der Waals surface area (Å²) < 4.78 is 0. The Morgan fingerprint density at radius 2 is 1.12 bits per heavy atom. The number of anilines is 1. The second-order valence-corrected chi connectivity index (χ2v) is 8.25. The van der Waals surface area contributed by atoms with E-state index in [9.17, 15) is 14.4 Å². The zero-order valence-corrected chi connectivity index (χ0v) is 18.3. The maximum absolute atomic E-state index is 13.2. The maximum Gasteiger partial charge on any atom is 0.198 e. The van der Waals surface area contributed by atoms with Crippen LogP contribution in [0, 0.1) is 0 Å². The van der Waals surface area contributed by atoms with Gasteiger partial charge in [0.1, 0.15) is 0 Å². The van der Waals surface area contributed by atoms with Gasteiger partial charge in [0.25, 0.3) is 0 Å². The Kier molecular flexibility index (Phi) is 4.98. The monoisotopic (exact) mass is 431 g/mol. The van der Waals surface area contributed by atoms with Gasteiger partial charge in [-0.05, 0) is 23.3 Å². The number of hydrogen-bond acceptors (Lipinski definition) is 4. The summed E-state index contributed by atoms with van der Waals surface area (Å²) in [6.07, 6.45) is 5.40. The number of hydrogen-bond donors (Lipinski definition) is 0. The Labute approximate surface area is 192 Å². The van der Waals surface area contributed by atoms with E-state index in [2.05, 4.69) is 0 Å². The summed E-state index contributed by atoms with van der Waals surface area (Å²) in [5.41, 5.74) is 4.84. The van der Waals surface area contributed by atoms with Crippen molar-refractivity contribution in [3.63, 3.8) is 0 Å². The third kappa shape index (κ3) is 3.37. The van der Waals surface area contributed by atoms with Gasteiger partial charge < -0.3 is 4.90 Å². The quantitative estimate of drug-likeness (QED) is 0.410. The lowest BCUT2D eigenvalue weighted by molar-refractivity contribution is 0.0989. The van der Waals surface area contributed by atoms with Crippen LogP contribution in [0.5, 0.6) is 0 Å². The largest absolute Gasteiger partial charge is 0.378 e. The first-order valence-electron chi connectivity index (χ1n) is 10.7. The van der Waals surface area contributed by atoms with Gasteiger partial charge in [-0.1, -0.05) is 78.9 Å². The Morgan fingerprint density at radius 1 is 0.606 bits per heavy atom. The lowest BCUT2D eigenvalue weighted by Gasteiger charge is -2.11. The summed E-state index contributed by atoms with van der Waals surface area (Å²) in [6, 6.07) is 22.0. The smallest absolute Gasteiger partial charge is 0.198 e. The molecule has 2 aliphatic rings. The highest BCUT2D eigenvalue weighted by Gasteiger charge is 2.40. The molecule has 0 spiro atoms. The van der Waals surface area contributed by atoms with Gasteiger partial charge in [0.05, 0.1) is 5.57 Å². The molecule has 0 N–H and O–H groups in total. The molecule has 0 aliphatic heterocycles. The molecule has 4 heteroatoms. The molecule has 33 heavy (non-hydrogen) atoms. The average Bonchev–Trinajstić information content (AvgIpc) is 3.25. The number of nitrogens with zero attached hydrogens (tertiary/aromatic N) is 1. The molecule has 0 fully saturated rings. The van der Waals surface area contributed by atoms with Crippen LogP contribution in [0.25, 0.3) is 11.6 Å². The first-order valence-corrected chi connectivity index (χ1v) is 10.7. The van der Waals surface area contributed by atoms with Crippen LogP contribution in [-0.2, 0) is 0 Å². The van der Waals surface area contributed by atoms with Crippen LogP contribution in [-0.4, -0.2) is 31.4 Å². The summed E-state index contributed by atoms with van der Waals surface area (Å²) in [5.74, 6) is -0.842. The number of rotatable bonds is 3. The highest BCUT2D eigenvalue weighted by molar-refractivity contribution is 6.46. The number of allylic oxidation sites excluding steroid dienone is 5. The molecule has 0 atom stereocenters. The highest BCUT2D eigenvalue weighted by atomic mass is 16.2. The minimum atomic E-state index is -0.329. The molecule has 0 heterocycles. The van der Waals surface area contributed by atoms with E-state index in [-0.39, 0.29) is 22.9 Å². The second kappa shape index (κ2) is 7.99. The van der Waals surface area contributed by atoms with E-state index in [1.165, 1.54) is 0 Å². The van der Waals surface area contributed by atoms with Gasteiger partial charge in [-0.3, -0.25) is 14.4 Å². The van der Waals surface area contributed by atoms with E-state index < -0.39 is 0 Å². The Balaban J connectivity index is 1.61. The highest BCUT2D eigenvalue weighted by Crippen LogP contribution is 2.42. The summed E-state index contributed by atoms with van der Waals surface area (Å²) in [7, 11) is 3.97. The number of carbonyl (C=O) groups is 3. The topological polar surface area (TPSA) is 54.5 Å². The number of ketones is 3. The number of carbonyl (C=O) groups excluding carboxylic acids is 3. The van der Waals surface area contributed by atoms with Crippen molar-refractivity contribution < 1.29 is 14.4 Å². The van der Waals surface area contributed by atoms with Gasteiger partial charge in [-0.2, -0.15) is 0 Å². The van der Waals surface area contributed by atoms with Crippen LogP contribution in [0.2, 0.25) is 0 Å². The fraction of sp³-hybridized carbons (Fsp3) is 0.0690. The molecule has 0 saturated carbocycles. The summed E-state index contributed by atoms with van der Waals surface area (Å²) in [6.45, 7) is 0. The van der Waals surface area contributed by atoms with Gasteiger partial charge in [0.15, 0.2) is 17.3 Å². The lowest BCUT2D eigenvalue weighted by Crippen LogP contribution is -2.07. The van der Waals surface area contributed by atoms with Crippen LogP contribution < -0.4 is 4.90 Å².